The molecule has 0 aliphatic carbocycles. The van der Waals surface area contributed by atoms with Crippen LogP contribution in [0.3, 0.4) is 0 Å². The van der Waals surface area contributed by atoms with Gasteiger partial charge in [0.2, 0.25) is 0 Å². The summed E-state index contributed by atoms with van der Waals surface area (Å²) < 4.78 is 7.18. The van der Waals surface area contributed by atoms with Gasteiger partial charge in [0.15, 0.2) is 11.6 Å². The van der Waals surface area contributed by atoms with Crippen molar-refractivity contribution in [1.82, 2.24) is 24.7 Å². The Morgan fingerprint density at radius 1 is 1.11 bits per heavy atom. The molecule has 4 aromatic rings. The van der Waals surface area contributed by atoms with Crippen molar-refractivity contribution in [3.8, 4) is 17.1 Å². The molecule has 27 heavy (non-hydrogen) atoms. The van der Waals surface area contributed by atoms with Crippen LogP contribution in [0, 0.1) is 0 Å². The van der Waals surface area contributed by atoms with Crippen LogP contribution in [0.2, 0.25) is 0 Å². The van der Waals surface area contributed by atoms with Crippen LogP contribution < -0.4 is 10.3 Å². The van der Waals surface area contributed by atoms with E-state index in [1.807, 2.05) is 50.4 Å². The van der Waals surface area contributed by atoms with Crippen molar-refractivity contribution in [2.24, 2.45) is 7.05 Å². The first-order valence-corrected chi connectivity index (χ1v) is 8.75. The highest BCUT2D eigenvalue weighted by Gasteiger charge is 2.12. The van der Waals surface area contributed by atoms with E-state index in [4.69, 9.17) is 4.74 Å². The summed E-state index contributed by atoms with van der Waals surface area (Å²) in [5.74, 6) is 2.56. The number of aromatic nitrogens is 5. The lowest BCUT2D eigenvalue weighted by molar-refractivity contribution is 0.340. The van der Waals surface area contributed by atoms with Crippen molar-refractivity contribution in [3.63, 3.8) is 0 Å². The Labute approximate surface area is 155 Å². The average Bonchev–Trinajstić information content (AvgIpc) is 3.03. The van der Waals surface area contributed by atoms with E-state index in [1.54, 1.807) is 16.8 Å². The lowest BCUT2D eigenvalue weighted by atomic mass is 10.2. The third-order valence-electron chi connectivity index (χ3n) is 4.20. The van der Waals surface area contributed by atoms with Gasteiger partial charge in [0, 0.05) is 12.6 Å². The van der Waals surface area contributed by atoms with Crippen LogP contribution in [0.15, 0.2) is 53.3 Å². The third kappa shape index (κ3) is 3.44. The van der Waals surface area contributed by atoms with Crippen LogP contribution in [-0.2, 0) is 13.5 Å². The fourth-order valence-electron chi connectivity index (χ4n) is 3.01. The van der Waals surface area contributed by atoms with Crippen LogP contribution in [0.25, 0.3) is 22.3 Å². The van der Waals surface area contributed by atoms with E-state index in [0.717, 1.165) is 11.4 Å². The van der Waals surface area contributed by atoms with Crippen molar-refractivity contribution >= 4 is 10.9 Å². The molecule has 0 atom stereocenters. The zero-order chi connectivity index (χ0) is 18.8. The Hall–Kier alpha value is -3.48. The molecule has 0 saturated carbocycles. The van der Waals surface area contributed by atoms with E-state index in [2.05, 4.69) is 20.1 Å². The molecule has 136 valence electrons. The number of aromatic amines is 1. The number of aryl methyl sites for hydroxylation is 1. The first-order valence-electron chi connectivity index (χ1n) is 8.75. The SMILES string of the molecule is CCOc1ccc2nc(Cc3nc(-c4ccccc4)n(C)n3)[nH]c(=O)c2c1. The quantitative estimate of drug-likeness (QED) is 0.591. The fourth-order valence-corrected chi connectivity index (χ4v) is 3.01. The summed E-state index contributed by atoms with van der Waals surface area (Å²) in [6.07, 6.45) is 0.346. The summed E-state index contributed by atoms with van der Waals surface area (Å²) in [5.41, 5.74) is 1.41. The lowest BCUT2D eigenvalue weighted by Crippen LogP contribution is -2.13. The highest BCUT2D eigenvalue weighted by Crippen LogP contribution is 2.18. The van der Waals surface area contributed by atoms with E-state index in [1.165, 1.54) is 0 Å². The summed E-state index contributed by atoms with van der Waals surface area (Å²) in [6.45, 7) is 2.45. The largest absolute Gasteiger partial charge is 0.494 e. The molecule has 0 unspecified atom stereocenters. The minimum atomic E-state index is -0.198. The Balaban J connectivity index is 1.66. The van der Waals surface area contributed by atoms with Gasteiger partial charge in [0.05, 0.1) is 23.9 Å². The van der Waals surface area contributed by atoms with Crippen LogP contribution in [0.4, 0.5) is 0 Å². The summed E-state index contributed by atoms with van der Waals surface area (Å²) in [6, 6.07) is 15.2. The smallest absolute Gasteiger partial charge is 0.258 e. The van der Waals surface area contributed by atoms with Crippen molar-refractivity contribution in [3.05, 3.63) is 70.5 Å². The normalized spacial score (nSPS) is 11.0. The van der Waals surface area contributed by atoms with Crippen molar-refractivity contribution in [1.29, 1.82) is 0 Å². The fraction of sp³-hybridized carbons (Fsp3) is 0.200. The molecular formula is C20H19N5O2. The summed E-state index contributed by atoms with van der Waals surface area (Å²) in [4.78, 5) is 24.4. The first-order chi connectivity index (χ1) is 13.1. The molecule has 0 fully saturated rings. The van der Waals surface area contributed by atoms with Gasteiger partial charge in [0.25, 0.3) is 5.56 Å². The van der Waals surface area contributed by atoms with Crippen LogP contribution >= 0.6 is 0 Å². The average molecular weight is 361 g/mol. The second-order valence-electron chi connectivity index (χ2n) is 6.14. The molecule has 0 bridgehead atoms. The summed E-state index contributed by atoms with van der Waals surface area (Å²) in [5, 5.41) is 4.96. The van der Waals surface area contributed by atoms with Gasteiger partial charge >= 0.3 is 0 Å². The van der Waals surface area contributed by atoms with Gasteiger partial charge < -0.3 is 9.72 Å². The molecular weight excluding hydrogens is 342 g/mol. The minimum absolute atomic E-state index is 0.198. The third-order valence-corrected chi connectivity index (χ3v) is 4.20. The molecule has 2 aromatic heterocycles. The van der Waals surface area contributed by atoms with Crippen LogP contribution in [0.5, 0.6) is 5.75 Å². The molecule has 2 aromatic carbocycles. The number of rotatable bonds is 5. The molecule has 0 radical (unpaired) electrons. The van der Waals surface area contributed by atoms with E-state index in [-0.39, 0.29) is 5.56 Å². The maximum Gasteiger partial charge on any atom is 0.258 e. The molecule has 0 aliphatic heterocycles. The first kappa shape index (κ1) is 17.0. The second kappa shape index (κ2) is 7.03. The van der Waals surface area contributed by atoms with E-state index < -0.39 is 0 Å². The zero-order valence-electron chi connectivity index (χ0n) is 15.1. The molecule has 2 heterocycles. The van der Waals surface area contributed by atoms with Gasteiger partial charge in [-0.3, -0.25) is 4.79 Å². The van der Waals surface area contributed by atoms with E-state index in [9.17, 15) is 4.79 Å². The monoisotopic (exact) mass is 361 g/mol. The minimum Gasteiger partial charge on any atom is -0.494 e. The Morgan fingerprint density at radius 2 is 1.93 bits per heavy atom. The van der Waals surface area contributed by atoms with Gasteiger partial charge in [-0.05, 0) is 25.1 Å². The number of fused-ring (bicyclic) bond motifs is 1. The van der Waals surface area contributed by atoms with Gasteiger partial charge in [-0.15, -0.1) is 0 Å². The molecule has 7 nitrogen and oxygen atoms in total. The molecule has 0 aliphatic rings. The van der Waals surface area contributed by atoms with Crippen LogP contribution in [-0.4, -0.2) is 31.3 Å². The highest BCUT2D eigenvalue weighted by molar-refractivity contribution is 5.79. The standard InChI is InChI=1S/C20H19N5O2/c1-3-27-14-9-10-16-15(11-14)20(26)23-17(21-16)12-18-22-19(25(2)24-18)13-7-5-4-6-8-13/h4-11H,3,12H2,1-2H3,(H,21,23,26). The molecule has 0 amide bonds. The number of H-pyrrole nitrogens is 1. The van der Waals surface area contributed by atoms with Crippen LogP contribution in [0.1, 0.15) is 18.6 Å². The predicted molar refractivity (Wildman–Crippen MR) is 103 cm³/mol. The molecule has 1 N–H and O–H groups in total. The van der Waals surface area contributed by atoms with Crippen molar-refractivity contribution in [2.75, 3.05) is 6.61 Å². The predicted octanol–water partition coefficient (Wildman–Crippen LogP) is 2.71. The van der Waals surface area contributed by atoms with E-state index >= 15 is 0 Å². The number of ether oxygens (including phenoxy) is 1. The topological polar surface area (TPSA) is 85.7 Å². The Morgan fingerprint density at radius 3 is 2.70 bits per heavy atom. The van der Waals surface area contributed by atoms with Crippen molar-refractivity contribution < 1.29 is 4.74 Å². The Kier molecular flexibility index (Phi) is 4.42. The van der Waals surface area contributed by atoms with Gasteiger partial charge in [-0.2, -0.15) is 5.10 Å². The van der Waals surface area contributed by atoms with Gasteiger partial charge in [-0.1, -0.05) is 30.3 Å². The van der Waals surface area contributed by atoms with Crippen molar-refractivity contribution in [2.45, 2.75) is 13.3 Å². The molecule has 0 spiro atoms. The maximum absolute atomic E-state index is 12.4. The maximum atomic E-state index is 12.4. The zero-order valence-corrected chi connectivity index (χ0v) is 15.1. The summed E-state index contributed by atoms with van der Waals surface area (Å²) >= 11 is 0. The number of hydrogen-bond donors (Lipinski definition) is 1. The number of hydrogen-bond acceptors (Lipinski definition) is 5. The van der Waals surface area contributed by atoms with E-state index in [0.29, 0.717) is 41.3 Å². The molecule has 7 heteroatoms. The van der Waals surface area contributed by atoms with Gasteiger partial charge in [0.1, 0.15) is 11.6 Å². The molecule has 4 rings (SSSR count). The summed E-state index contributed by atoms with van der Waals surface area (Å²) in [7, 11) is 1.85. The lowest BCUT2D eigenvalue weighted by Gasteiger charge is -2.05. The number of benzene rings is 2. The number of nitrogens with one attached hydrogen (secondary N) is 1. The van der Waals surface area contributed by atoms with Gasteiger partial charge in [-0.25, -0.2) is 14.6 Å². The second-order valence-corrected chi connectivity index (χ2v) is 6.14. The Bertz CT molecular complexity index is 1150. The highest BCUT2D eigenvalue weighted by atomic mass is 16.5. The molecule has 0 saturated heterocycles. The number of nitrogens with zero attached hydrogens (tertiary/aromatic N) is 4.